The highest BCUT2D eigenvalue weighted by atomic mass is 15.1. The molecule has 0 aliphatic heterocycles. The predicted octanol–water partition coefficient (Wildman–Crippen LogP) is 11.4. The average molecular weight is 653 g/mol. The first-order valence-corrected chi connectivity index (χ1v) is 17.4. The molecule has 1 aliphatic rings. The van der Waals surface area contributed by atoms with Crippen LogP contribution < -0.4 is 0 Å². The molecule has 0 fully saturated rings. The molecule has 0 saturated heterocycles. The maximum atomic E-state index is 5.32. The summed E-state index contributed by atoms with van der Waals surface area (Å²) in [5, 5.41) is 0. The standard InChI is InChI=1S/C47H32N4/c1-4-16-32(17-5-1)45-39-23-11-10-18-33(39)31-40(45)34-28-35(46-48-41-24-12-14-26-43(41)50(46)37-19-6-2-7-20-37)30-36(29-34)47-49-42-25-13-15-27-44(42)51(47)38-21-8-3-9-22-38/h1-31,45H. The van der Waals surface area contributed by atoms with E-state index in [0.717, 1.165) is 61.8 Å². The fraction of sp³-hybridized carbons (Fsp3) is 0.0213. The minimum absolute atomic E-state index is 0.0892. The molecule has 1 aliphatic carbocycles. The van der Waals surface area contributed by atoms with Crippen LogP contribution in [0.4, 0.5) is 0 Å². The van der Waals surface area contributed by atoms with E-state index in [4.69, 9.17) is 9.97 Å². The Bertz CT molecular complexity index is 2600. The Balaban J connectivity index is 1.28. The first-order valence-electron chi connectivity index (χ1n) is 17.4. The zero-order valence-corrected chi connectivity index (χ0v) is 27.8. The van der Waals surface area contributed by atoms with Crippen molar-refractivity contribution in [3.63, 3.8) is 0 Å². The van der Waals surface area contributed by atoms with Gasteiger partial charge in [-0.05, 0) is 101 Å². The molecule has 0 bridgehead atoms. The minimum atomic E-state index is 0.0892. The molecule has 0 radical (unpaired) electrons. The second kappa shape index (κ2) is 12.0. The molecule has 9 aromatic rings. The lowest BCUT2D eigenvalue weighted by Crippen LogP contribution is -2.03. The molecule has 0 saturated carbocycles. The quantitative estimate of drug-likeness (QED) is 0.179. The molecule has 2 aromatic heterocycles. The van der Waals surface area contributed by atoms with Crippen LogP contribution in [0.1, 0.15) is 28.2 Å². The number of allylic oxidation sites excluding steroid dienone is 1. The van der Waals surface area contributed by atoms with Crippen LogP contribution in [0.2, 0.25) is 0 Å². The van der Waals surface area contributed by atoms with Gasteiger partial charge in [-0.1, -0.05) is 115 Å². The molecule has 4 heteroatoms. The fourth-order valence-electron chi connectivity index (χ4n) is 7.75. The molecule has 0 N–H and O–H groups in total. The highest BCUT2D eigenvalue weighted by Crippen LogP contribution is 2.47. The Morgan fingerprint density at radius 3 is 1.43 bits per heavy atom. The van der Waals surface area contributed by atoms with Crippen molar-refractivity contribution in [2.45, 2.75) is 5.92 Å². The van der Waals surface area contributed by atoms with Gasteiger partial charge in [0.05, 0.1) is 22.1 Å². The Morgan fingerprint density at radius 2 is 0.863 bits per heavy atom. The zero-order valence-electron chi connectivity index (χ0n) is 27.8. The summed E-state index contributed by atoms with van der Waals surface area (Å²) in [5.41, 5.74) is 14.5. The van der Waals surface area contributed by atoms with E-state index in [-0.39, 0.29) is 5.92 Å². The van der Waals surface area contributed by atoms with Gasteiger partial charge >= 0.3 is 0 Å². The number of imidazole rings is 2. The monoisotopic (exact) mass is 652 g/mol. The summed E-state index contributed by atoms with van der Waals surface area (Å²) in [7, 11) is 0. The van der Waals surface area contributed by atoms with Crippen LogP contribution in [0.15, 0.2) is 182 Å². The highest BCUT2D eigenvalue weighted by Gasteiger charge is 2.29. The predicted molar refractivity (Wildman–Crippen MR) is 209 cm³/mol. The molecular formula is C47H32N4. The maximum Gasteiger partial charge on any atom is 0.145 e. The van der Waals surface area contributed by atoms with Gasteiger partial charge in [-0.25, -0.2) is 9.97 Å². The van der Waals surface area contributed by atoms with E-state index < -0.39 is 0 Å². The smallest absolute Gasteiger partial charge is 0.145 e. The van der Waals surface area contributed by atoms with Gasteiger partial charge in [0.2, 0.25) is 0 Å². The van der Waals surface area contributed by atoms with Crippen molar-refractivity contribution >= 4 is 33.7 Å². The topological polar surface area (TPSA) is 35.6 Å². The number of hydrogen-bond acceptors (Lipinski definition) is 2. The van der Waals surface area contributed by atoms with Crippen LogP contribution in [0.5, 0.6) is 0 Å². The van der Waals surface area contributed by atoms with E-state index >= 15 is 0 Å². The number of rotatable bonds is 6. The van der Waals surface area contributed by atoms with Gasteiger partial charge in [-0.15, -0.1) is 0 Å². The van der Waals surface area contributed by atoms with Gasteiger partial charge < -0.3 is 0 Å². The summed E-state index contributed by atoms with van der Waals surface area (Å²) in [6.45, 7) is 0. The van der Waals surface area contributed by atoms with E-state index in [1.807, 2.05) is 0 Å². The summed E-state index contributed by atoms with van der Waals surface area (Å²) in [6.07, 6.45) is 2.37. The van der Waals surface area contributed by atoms with Gasteiger partial charge in [-0.2, -0.15) is 0 Å². The molecular weight excluding hydrogens is 621 g/mol. The van der Waals surface area contributed by atoms with Crippen molar-refractivity contribution in [2.24, 2.45) is 0 Å². The number of nitrogens with zero attached hydrogens (tertiary/aromatic N) is 4. The van der Waals surface area contributed by atoms with Crippen LogP contribution >= 0.6 is 0 Å². The van der Waals surface area contributed by atoms with Crippen molar-refractivity contribution in [3.05, 3.63) is 204 Å². The normalized spacial score (nSPS) is 13.8. The number of aromatic nitrogens is 4. The number of benzene rings is 7. The van der Waals surface area contributed by atoms with Crippen molar-refractivity contribution in [1.29, 1.82) is 0 Å². The van der Waals surface area contributed by atoms with Crippen molar-refractivity contribution in [1.82, 2.24) is 19.1 Å². The van der Waals surface area contributed by atoms with Crippen LogP contribution in [-0.2, 0) is 0 Å². The maximum absolute atomic E-state index is 5.32. The minimum Gasteiger partial charge on any atom is -0.292 e. The average Bonchev–Trinajstić information content (AvgIpc) is 3.91. The molecule has 4 nitrogen and oxygen atoms in total. The van der Waals surface area contributed by atoms with E-state index in [0.29, 0.717) is 0 Å². The van der Waals surface area contributed by atoms with E-state index in [9.17, 15) is 0 Å². The third kappa shape index (κ3) is 4.92. The lowest BCUT2D eigenvalue weighted by atomic mass is 9.84. The second-order valence-electron chi connectivity index (χ2n) is 13.1. The van der Waals surface area contributed by atoms with E-state index in [1.165, 1.54) is 22.3 Å². The third-order valence-corrected chi connectivity index (χ3v) is 10.00. The van der Waals surface area contributed by atoms with Crippen molar-refractivity contribution in [2.75, 3.05) is 0 Å². The second-order valence-corrected chi connectivity index (χ2v) is 13.1. The van der Waals surface area contributed by atoms with Crippen molar-refractivity contribution < 1.29 is 0 Å². The molecule has 0 spiro atoms. The van der Waals surface area contributed by atoms with Gasteiger partial charge in [-0.3, -0.25) is 9.13 Å². The lowest BCUT2D eigenvalue weighted by Gasteiger charge is -2.20. The van der Waals surface area contributed by atoms with Crippen LogP contribution in [0.25, 0.3) is 67.9 Å². The van der Waals surface area contributed by atoms with Crippen LogP contribution in [0.3, 0.4) is 0 Å². The summed E-state index contributed by atoms with van der Waals surface area (Å²) < 4.78 is 4.57. The molecule has 0 amide bonds. The molecule has 1 atom stereocenters. The first-order chi connectivity index (χ1) is 25.3. The summed E-state index contributed by atoms with van der Waals surface area (Å²) in [5.74, 6) is 1.87. The Morgan fingerprint density at radius 1 is 0.412 bits per heavy atom. The van der Waals surface area contributed by atoms with Crippen molar-refractivity contribution in [3.8, 4) is 34.2 Å². The zero-order chi connectivity index (χ0) is 33.7. The molecule has 240 valence electrons. The highest BCUT2D eigenvalue weighted by molar-refractivity contribution is 5.96. The van der Waals surface area contributed by atoms with Gasteiger partial charge in [0, 0.05) is 28.4 Å². The van der Waals surface area contributed by atoms with Gasteiger partial charge in [0.1, 0.15) is 11.6 Å². The first kappa shape index (κ1) is 29.2. The molecule has 10 rings (SSSR count). The SMILES string of the molecule is C1=C(c2cc(-c3nc4ccccc4n3-c3ccccc3)cc(-c3nc4ccccc4n3-c3ccccc3)c2)C(c2ccccc2)c2ccccc21. The molecule has 7 aromatic carbocycles. The summed E-state index contributed by atoms with van der Waals surface area (Å²) in [4.78, 5) is 10.6. The third-order valence-electron chi connectivity index (χ3n) is 10.00. The van der Waals surface area contributed by atoms with Gasteiger partial charge in [0.25, 0.3) is 0 Å². The largest absolute Gasteiger partial charge is 0.292 e. The Labute approximate surface area is 296 Å². The lowest BCUT2D eigenvalue weighted by molar-refractivity contribution is 1.06. The van der Waals surface area contributed by atoms with Gasteiger partial charge in [0.15, 0.2) is 0 Å². The number of hydrogen-bond donors (Lipinski definition) is 0. The van der Waals surface area contributed by atoms with Crippen LogP contribution in [-0.4, -0.2) is 19.1 Å². The Kier molecular flexibility index (Phi) is 6.85. The Hall–Kier alpha value is -6.78. The van der Waals surface area contributed by atoms with E-state index in [1.54, 1.807) is 0 Å². The molecule has 2 heterocycles. The fourth-order valence-corrected chi connectivity index (χ4v) is 7.75. The number of fused-ring (bicyclic) bond motifs is 3. The summed E-state index contributed by atoms with van der Waals surface area (Å²) in [6, 6.07) is 64.4. The van der Waals surface area contributed by atoms with E-state index in [2.05, 4.69) is 197 Å². The number of para-hydroxylation sites is 6. The molecule has 51 heavy (non-hydrogen) atoms. The molecule has 1 unspecified atom stereocenters. The summed E-state index contributed by atoms with van der Waals surface area (Å²) >= 11 is 0. The van der Waals surface area contributed by atoms with Crippen LogP contribution in [0, 0.1) is 0 Å².